The Morgan fingerprint density at radius 1 is 0.848 bits per heavy atom. The van der Waals surface area contributed by atoms with Crippen molar-refractivity contribution >= 4 is 11.6 Å². The molecule has 33 heavy (non-hydrogen) atoms. The minimum atomic E-state index is -0.871. The number of carbonyl (C=O) groups excluding carboxylic acids is 1. The number of hydrogen-bond donors (Lipinski definition) is 1. The minimum absolute atomic E-state index is 0.294. The monoisotopic (exact) mass is 459 g/mol. The molecule has 2 aliphatic carbocycles. The number of anilines is 1. The van der Waals surface area contributed by atoms with Crippen LogP contribution in [0.15, 0.2) is 24.3 Å². The molecule has 1 aromatic rings. The number of para-hydroxylation sites is 2. The first-order chi connectivity index (χ1) is 16.1. The fourth-order valence-corrected chi connectivity index (χ4v) is 6.12. The molecule has 180 valence electrons. The van der Waals surface area contributed by atoms with Gasteiger partial charge in [-0.2, -0.15) is 0 Å². The second kappa shape index (κ2) is 8.50. The van der Waals surface area contributed by atoms with Crippen molar-refractivity contribution in [3.05, 3.63) is 24.3 Å². The SMILES string of the molecule is COc1ccccc1NC(=O)[C@@H]1O[C@H]2OC3(CCCCC3)O[C@@H]2[C@H]2OC3(CCCCC3)O[C@@H]21. The first-order valence-corrected chi connectivity index (χ1v) is 12.4. The number of benzene rings is 1. The maximum absolute atomic E-state index is 13.5. The van der Waals surface area contributed by atoms with Crippen molar-refractivity contribution in [2.45, 2.75) is 106 Å². The lowest BCUT2D eigenvalue weighted by Gasteiger charge is -2.36. The summed E-state index contributed by atoms with van der Waals surface area (Å²) >= 11 is 0. The second-order valence-corrected chi connectivity index (χ2v) is 9.92. The fourth-order valence-electron chi connectivity index (χ4n) is 6.12. The molecule has 2 spiro atoms. The largest absolute Gasteiger partial charge is 0.495 e. The van der Waals surface area contributed by atoms with Crippen LogP contribution < -0.4 is 10.1 Å². The highest BCUT2D eigenvalue weighted by atomic mass is 16.9. The highest BCUT2D eigenvalue weighted by molar-refractivity contribution is 5.96. The minimum Gasteiger partial charge on any atom is -0.495 e. The van der Waals surface area contributed by atoms with Crippen LogP contribution in [0.3, 0.4) is 0 Å². The van der Waals surface area contributed by atoms with Gasteiger partial charge in [-0.1, -0.05) is 25.0 Å². The lowest BCUT2D eigenvalue weighted by atomic mass is 9.94. The smallest absolute Gasteiger partial charge is 0.256 e. The normalized spacial score (nSPS) is 36.3. The van der Waals surface area contributed by atoms with Gasteiger partial charge in [0.1, 0.15) is 24.1 Å². The summed E-state index contributed by atoms with van der Waals surface area (Å²) in [6.07, 6.45) is 7.02. The third kappa shape index (κ3) is 3.86. The van der Waals surface area contributed by atoms with E-state index in [4.69, 9.17) is 28.4 Å². The van der Waals surface area contributed by atoms with Gasteiger partial charge < -0.3 is 33.7 Å². The van der Waals surface area contributed by atoms with Crippen LogP contribution in [0.1, 0.15) is 64.2 Å². The molecule has 3 saturated heterocycles. The first kappa shape index (κ1) is 21.8. The molecule has 0 radical (unpaired) electrons. The molecular formula is C25H33NO7. The quantitative estimate of drug-likeness (QED) is 0.734. The maximum Gasteiger partial charge on any atom is 0.256 e. The van der Waals surface area contributed by atoms with E-state index in [0.717, 1.165) is 51.4 Å². The van der Waals surface area contributed by atoms with E-state index in [0.29, 0.717) is 11.4 Å². The van der Waals surface area contributed by atoms with Gasteiger partial charge >= 0.3 is 0 Å². The van der Waals surface area contributed by atoms with Crippen LogP contribution >= 0.6 is 0 Å². The average Bonchev–Trinajstić information content (AvgIpc) is 3.37. The topological polar surface area (TPSA) is 84.5 Å². The molecule has 1 aromatic carbocycles. The third-order valence-electron chi connectivity index (χ3n) is 7.73. The van der Waals surface area contributed by atoms with Gasteiger partial charge in [-0.3, -0.25) is 4.79 Å². The zero-order chi connectivity index (χ0) is 22.5. The number of methoxy groups -OCH3 is 1. The fraction of sp³-hybridized carbons (Fsp3) is 0.720. The molecule has 8 heteroatoms. The molecule has 3 heterocycles. The summed E-state index contributed by atoms with van der Waals surface area (Å²) in [7, 11) is 1.58. The molecule has 1 N–H and O–H groups in total. The van der Waals surface area contributed by atoms with Crippen LogP contribution in [-0.2, 0) is 28.5 Å². The summed E-state index contributed by atoms with van der Waals surface area (Å²) in [5.41, 5.74) is 0.589. The molecule has 1 amide bonds. The summed E-state index contributed by atoms with van der Waals surface area (Å²) < 4.78 is 37.7. The van der Waals surface area contributed by atoms with Crippen molar-refractivity contribution in [2.24, 2.45) is 0 Å². The molecule has 0 aromatic heterocycles. The van der Waals surface area contributed by atoms with Crippen LogP contribution in [-0.4, -0.2) is 55.3 Å². The van der Waals surface area contributed by atoms with E-state index in [1.807, 2.05) is 18.2 Å². The molecule has 6 rings (SSSR count). The van der Waals surface area contributed by atoms with E-state index < -0.39 is 42.3 Å². The van der Waals surface area contributed by atoms with Crippen LogP contribution in [0.2, 0.25) is 0 Å². The van der Waals surface area contributed by atoms with Gasteiger partial charge in [-0.05, 0) is 37.8 Å². The number of nitrogens with one attached hydrogen (secondary N) is 1. The van der Waals surface area contributed by atoms with Crippen molar-refractivity contribution in [2.75, 3.05) is 12.4 Å². The summed E-state index contributed by atoms with van der Waals surface area (Å²) in [5.74, 6) is -1.01. The highest BCUT2D eigenvalue weighted by Gasteiger charge is 2.65. The van der Waals surface area contributed by atoms with Crippen LogP contribution in [0.5, 0.6) is 5.75 Å². The van der Waals surface area contributed by atoms with Gasteiger partial charge in [0, 0.05) is 25.7 Å². The number of amides is 1. The predicted octanol–water partition coefficient (Wildman–Crippen LogP) is 3.88. The van der Waals surface area contributed by atoms with Crippen LogP contribution in [0.25, 0.3) is 0 Å². The Morgan fingerprint density at radius 2 is 1.45 bits per heavy atom. The van der Waals surface area contributed by atoms with Crippen molar-refractivity contribution in [3.63, 3.8) is 0 Å². The van der Waals surface area contributed by atoms with Gasteiger partial charge in [-0.15, -0.1) is 0 Å². The zero-order valence-electron chi connectivity index (χ0n) is 19.1. The van der Waals surface area contributed by atoms with E-state index in [-0.39, 0.29) is 5.91 Å². The van der Waals surface area contributed by atoms with Gasteiger partial charge in [0.15, 0.2) is 24.0 Å². The Morgan fingerprint density at radius 3 is 2.15 bits per heavy atom. The lowest BCUT2D eigenvalue weighted by molar-refractivity contribution is -0.246. The Kier molecular flexibility index (Phi) is 5.62. The molecule has 5 aliphatic rings. The van der Waals surface area contributed by atoms with Gasteiger partial charge in [0.2, 0.25) is 0 Å². The summed E-state index contributed by atoms with van der Waals surface area (Å²) in [6.45, 7) is 0. The number of rotatable bonds is 3. The maximum atomic E-state index is 13.5. The summed E-state index contributed by atoms with van der Waals surface area (Å²) in [5, 5.41) is 2.97. The van der Waals surface area contributed by atoms with E-state index in [2.05, 4.69) is 5.32 Å². The molecule has 0 unspecified atom stereocenters. The average molecular weight is 460 g/mol. The Labute approximate surface area is 194 Å². The van der Waals surface area contributed by atoms with Crippen molar-refractivity contribution in [3.8, 4) is 5.75 Å². The van der Waals surface area contributed by atoms with Crippen molar-refractivity contribution < 1.29 is 33.2 Å². The zero-order valence-corrected chi connectivity index (χ0v) is 19.1. The first-order valence-electron chi connectivity index (χ1n) is 12.4. The number of carbonyl (C=O) groups is 1. The Bertz CT molecular complexity index is 879. The Hall–Kier alpha value is -1.71. The summed E-state index contributed by atoms with van der Waals surface area (Å²) in [4.78, 5) is 13.5. The Balaban J connectivity index is 1.28. The predicted molar refractivity (Wildman–Crippen MR) is 118 cm³/mol. The number of fused-ring (bicyclic) bond motifs is 3. The van der Waals surface area contributed by atoms with Gasteiger partial charge in [-0.25, -0.2) is 0 Å². The van der Waals surface area contributed by atoms with E-state index in [9.17, 15) is 4.79 Å². The van der Waals surface area contributed by atoms with Gasteiger partial charge in [0.25, 0.3) is 5.91 Å². The van der Waals surface area contributed by atoms with E-state index in [1.165, 1.54) is 12.8 Å². The highest BCUT2D eigenvalue weighted by Crippen LogP contribution is 2.51. The standard InChI is InChI=1S/C25H33NO7/c1-28-17-11-5-4-10-16(17)26-22(27)20-18-19(31-24(30-18)12-6-2-7-13-24)21-23(29-20)33-25(32-21)14-8-3-9-15-25/h4-5,10-11,18-21,23H,2-3,6-9,12-15H2,1H3,(H,26,27)/t18-,19-,20+,21+,23-/m0/s1. The van der Waals surface area contributed by atoms with Crippen LogP contribution in [0.4, 0.5) is 5.69 Å². The number of hydrogen-bond acceptors (Lipinski definition) is 7. The summed E-state index contributed by atoms with van der Waals surface area (Å²) in [6, 6.07) is 7.33. The van der Waals surface area contributed by atoms with Crippen molar-refractivity contribution in [1.29, 1.82) is 0 Å². The molecule has 2 saturated carbocycles. The van der Waals surface area contributed by atoms with E-state index in [1.54, 1.807) is 13.2 Å². The van der Waals surface area contributed by atoms with Crippen LogP contribution in [0, 0.1) is 0 Å². The molecule has 5 fully saturated rings. The molecule has 0 bridgehead atoms. The molecule has 8 nitrogen and oxygen atoms in total. The van der Waals surface area contributed by atoms with Gasteiger partial charge in [0.05, 0.1) is 12.8 Å². The van der Waals surface area contributed by atoms with Crippen molar-refractivity contribution in [1.82, 2.24) is 0 Å². The second-order valence-electron chi connectivity index (χ2n) is 9.92. The van der Waals surface area contributed by atoms with E-state index >= 15 is 0 Å². The molecule has 5 atom stereocenters. The number of ether oxygens (including phenoxy) is 6. The lowest BCUT2D eigenvalue weighted by Crippen LogP contribution is -2.58. The third-order valence-corrected chi connectivity index (χ3v) is 7.73. The molecule has 3 aliphatic heterocycles. The molecular weight excluding hydrogens is 426 g/mol.